The van der Waals surface area contributed by atoms with Gasteiger partial charge in [-0.2, -0.15) is 0 Å². The Hall–Kier alpha value is -1.35. The smallest absolute Gasteiger partial charge is 0.142 e. The Kier molecular flexibility index (Phi) is 3.86. The van der Waals surface area contributed by atoms with Gasteiger partial charge >= 0.3 is 0 Å². The zero-order valence-corrected chi connectivity index (χ0v) is 9.53. The lowest BCUT2D eigenvalue weighted by Gasteiger charge is -2.17. The molecule has 0 amide bonds. The van der Waals surface area contributed by atoms with Crippen LogP contribution < -0.4 is 5.73 Å². The number of hydrogen-bond acceptors (Lipinski definition) is 3. The molecule has 0 radical (unpaired) electrons. The van der Waals surface area contributed by atoms with E-state index in [0.717, 1.165) is 11.3 Å². The predicted molar refractivity (Wildman–Crippen MR) is 62.6 cm³/mol. The van der Waals surface area contributed by atoms with Gasteiger partial charge in [0.25, 0.3) is 0 Å². The lowest BCUT2D eigenvalue weighted by atomic mass is 10.0. The molecule has 3 nitrogen and oxygen atoms in total. The minimum atomic E-state index is -0.420. The zero-order chi connectivity index (χ0) is 11.3. The van der Waals surface area contributed by atoms with Crippen LogP contribution in [0, 0.1) is 0 Å². The number of nitrogens with zero attached hydrogens (tertiary/aromatic N) is 1. The van der Waals surface area contributed by atoms with E-state index >= 15 is 0 Å². The molecule has 1 aromatic rings. The summed E-state index contributed by atoms with van der Waals surface area (Å²) < 4.78 is 0. The highest BCUT2D eigenvalue weighted by Crippen LogP contribution is 2.04. The lowest BCUT2D eigenvalue weighted by Crippen LogP contribution is -2.39. The van der Waals surface area contributed by atoms with Gasteiger partial charge in [0.05, 0.1) is 11.3 Å². The van der Waals surface area contributed by atoms with Crippen LogP contribution in [-0.2, 0) is 11.4 Å². The van der Waals surface area contributed by atoms with Crippen LogP contribution in [0.4, 0.5) is 0 Å². The number of rotatable bonds is 4. The highest BCUT2D eigenvalue weighted by atomic mass is 16.6. The third-order valence-electron chi connectivity index (χ3n) is 2.21. The standard InChI is InChI=1S/C12H18N2O/c1-10(12(2,3)13)14-15-9-11-7-5-4-6-8-11/h4-8H,9,13H2,1-3H3/b14-10-. The summed E-state index contributed by atoms with van der Waals surface area (Å²) in [4.78, 5) is 5.22. The SMILES string of the molecule is C/C(=N/OCc1ccccc1)C(C)(C)N. The van der Waals surface area contributed by atoms with Gasteiger partial charge < -0.3 is 10.6 Å². The molecule has 0 bridgehead atoms. The summed E-state index contributed by atoms with van der Waals surface area (Å²) >= 11 is 0. The fraction of sp³-hybridized carbons (Fsp3) is 0.417. The summed E-state index contributed by atoms with van der Waals surface area (Å²) in [6.07, 6.45) is 0. The summed E-state index contributed by atoms with van der Waals surface area (Å²) in [6.45, 7) is 6.15. The van der Waals surface area contributed by atoms with Crippen molar-refractivity contribution in [1.29, 1.82) is 0 Å². The van der Waals surface area contributed by atoms with Gasteiger partial charge in [-0.1, -0.05) is 35.5 Å². The Morgan fingerprint density at radius 3 is 2.47 bits per heavy atom. The summed E-state index contributed by atoms with van der Waals surface area (Å²) in [6, 6.07) is 9.92. The quantitative estimate of drug-likeness (QED) is 0.607. The van der Waals surface area contributed by atoms with E-state index in [-0.39, 0.29) is 0 Å². The van der Waals surface area contributed by atoms with Crippen LogP contribution >= 0.6 is 0 Å². The third kappa shape index (κ3) is 4.13. The van der Waals surface area contributed by atoms with Crippen molar-refractivity contribution in [1.82, 2.24) is 0 Å². The largest absolute Gasteiger partial charge is 0.391 e. The van der Waals surface area contributed by atoms with E-state index in [1.54, 1.807) is 0 Å². The van der Waals surface area contributed by atoms with Crippen LogP contribution in [0.25, 0.3) is 0 Å². The Bertz CT molecular complexity index is 325. The Morgan fingerprint density at radius 2 is 1.93 bits per heavy atom. The fourth-order valence-electron chi connectivity index (χ4n) is 0.896. The number of benzene rings is 1. The zero-order valence-electron chi connectivity index (χ0n) is 9.53. The molecule has 0 atom stereocenters. The van der Waals surface area contributed by atoms with E-state index in [0.29, 0.717) is 6.61 Å². The van der Waals surface area contributed by atoms with E-state index in [9.17, 15) is 0 Å². The van der Waals surface area contributed by atoms with Crippen LogP contribution in [0.1, 0.15) is 26.3 Å². The monoisotopic (exact) mass is 206 g/mol. The van der Waals surface area contributed by atoms with Crippen LogP contribution in [0.15, 0.2) is 35.5 Å². The van der Waals surface area contributed by atoms with Crippen molar-refractivity contribution in [2.24, 2.45) is 10.9 Å². The second kappa shape index (κ2) is 4.94. The number of nitrogens with two attached hydrogens (primary N) is 1. The van der Waals surface area contributed by atoms with Gasteiger partial charge in [-0.15, -0.1) is 0 Å². The first-order chi connectivity index (χ1) is 7.00. The first kappa shape index (κ1) is 11.7. The molecular weight excluding hydrogens is 188 g/mol. The average Bonchev–Trinajstić information content (AvgIpc) is 2.18. The van der Waals surface area contributed by atoms with Crippen molar-refractivity contribution < 1.29 is 4.84 Å². The van der Waals surface area contributed by atoms with Crippen molar-refractivity contribution in [3.8, 4) is 0 Å². The maximum Gasteiger partial charge on any atom is 0.142 e. The molecule has 0 unspecified atom stereocenters. The minimum Gasteiger partial charge on any atom is -0.391 e. The molecule has 0 aromatic heterocycles. The molecule has 0 saturated heterocycles. The molecule has 1 rings (SSSR count). The van der Waals surface area contributed by atoms with Gasteiger partial charge in [0.15, 0.2) is 0 Å². The summed E-state index contributed by atoms with van der Waals surface area (Å²) in [5.41, 5.74) is 7.32. The van der Waals surface area contributed by atoms with Crippen molar-refractivity contribution >= 4 is 5.71 Å². The van der Waals surface area contributed by atoms with E-state index in [1.807, 2.05) is 51.1 Å². The summed E-state index contributed by atoms with van der Waals surface area (Å²) in [7, 11) is 0. The molecule has 0 aliphatic rings. The average molecular weight is 206 g/mol. The maximum absolute atomic E-state index is 5.85. The molecule has 0 aliphatic carbocycles. The summed E-state index contributed by atoms with van der Waals surface area (Å²) in [5, 5.41) is 3.98. The normalized spacial score (nSPS) is 12.7. The number of hydrogen-bond donors (Lipinski definition) is 1. The van der Waals surface area contributed by atoms with Gasteiger partial charge in [0.1, 0.15) is 6.61 Å². The van der Waals surface area contributed by atoms with E-state index in [4.69, 9.17) is 10.6 Å². The van der Waals surface area contributed by atoms with Crippen molar-refractivity contribution in [3.63, 3.8) is 0 Å². The van der Waals surface area contributed by atoms with Crippen LogP contribution in [0.2, 0.25) is 0 Å². The first-order valence-electron chi connectivity index (χ1n) is 5.00. The molecule has 0 saturated carbocycles. The van der Waals surface area contributed by atoms with Crippen LogP contribution in [0.3, 0.4) is 0 Å². The predicted octanol–water partition coefficient (Wildman–Crippen LogP) is 2.32. The van der Waals surface area contributed by atoms with Crippen LogP contribution in [-0.4, -0.2) is 11.3 Å². The van der Waals surface area contributed by atoms with Gasteiger partial charge in [-0.3, -0.25) is 0 Å². The maximum atomic E-state index is 5.85. The fourth-order valence-corrected chi connectivity index (χ4v) is 0.896. The first-order valence-corrected chi connectivity index (χ1v) is 5.00. The third-order valence-corrected chi connectivity index (χ3v) is 2.21. The van der Waals surface area contributed by atoms with E-state index < -0.39 is 5.54 Å². The van der Waals surface area contributed by atoms with Crippen molar-refractivity contribution in [2.75, 3.05) is 0 Å². The molecule has 0 heterocycles. The topological polar surface area (TPSA) is 47.6 Å². The molecule has 3 heteroatoms. The Morgan fingerprint density at radius 1 is 1.33 bits per heavy atom. The van der Waals surface area contributed by atoms with Gasteiger partial charge in [-0.05, 0) is 26.3 Å². The van der Waals surface area contributed by atoms with Crippen LogP contribution in [0.5, 0.6) is 0 Å². The van der Waals surface area contributed by atoms with Crippen molar-refractivity contribution in [3.05, 3.63) is 35.9 Å². The van der Waals surface area contributed by atoms with Gasteiger partial charge in [0.2, 0.25) is 0 Å². The highest BCUT2D eigenvalue weighted by molar-refractivity contribution is 5.89. The Labute approximate surface area is 90.9 Å². The van der Waals surface area contributed by atoms with Crippen molar-refractivity contribution in [2.45, 2.75) is 32.9 Å². The van der Waals surface area contributed by atoms with E-state index in [2.05, 4.69) is 5.16 Å². The lowest BCUT2D eigenvalue weighted by molar-refractivity contribution is 0.128. The Balaban J connectivity index is 2.46. The summed E-state index contributed by atoms with van der Waals surface area (Å²) in [5.74, 6) is 0. The van der Waals surface area contributed by atoms with E-state index in [1.165, 1.54) is 0 Å². The highest BCUT2D eigenvalue weighted by Gasteiger charge is 2.15. The van der Waals surface area contributed by atoms with Gasteiger partial charge in [-0.25, -0.2) is 0 Å². The molecular formula is C12H18N2O. The molecule has 15 heavy (non-hydrogen) atoms. The minimum absolute atomic E-state index is 0.420. The second-order valence-electron chi connectivity index (χ2n) is 4.16. The molecule has 2 N–H and O–H groups in total. The second-order valence-corrected chi connectivity index (χ2v) is 4.16. The number of oxime groups is 1. The molecule has 0 spiro atoms. The van der Waals surface area contributed by atoms with Gasteiger partial charge in [0, 0.05) is 0 Å². The molecule has 0 aliphatic heterocycles. The molecule has 1 aromatic carbocycles. The molecule has 82 valence electrons. The molecule has 0 fully saturated rings.